The van der Waals surface area contributed by atoms with Crippen LogP contribution in [0.25, 0.3) is 0 Å². The lowest BCUT2D eigenvalue weighted by Crippen LogP contribution is -2.28. The van der Waals surface area contributed by atoms with Crippen LogP contribution in [-0.2, 0) is 0 Å². The molecule has 0 bridgehead atoms. The second-order valence-corrected chi connectivity index (χ2v) is 5.80. The molecule has 0 aliphatic carbocycles. The van der Waals surface area contributed by atoms with Gasteiger partial charge in [0.15, 0.2) is 0 Å². The summed E-state index contributed by atoms with van der Waals surface area (Å²) in [5, 5.41) is 0. The first-order valence-electron chi connectivity index (χ1n) is 7.10. The first-order valence-corrected chi connectivity index (χ1v) is 7.89. The van der Waals surface area contributed by atoms with E-state index in [4.69, 9.17) is 5.84 Å². The smallest absolute Gasteiger partial charge is 0.137 e. The minimum absolute atomic E-state index is 0.0359. The summed E-state index contributed by atoms with van der Waals surface area (Å²) in [6.45, 7) is 2.22. The van der Waals surface area contributed by atoms with Gasteiger partial charge in [-0.25, -0.2) is 4.39 Å². The van der Waals surface area contributed by atoms with Crippen molar-refractivity contribution in [2.45, 2.75) is 57.9 Å². The van der Waals surface area contributed by atoms with E-state index in [2.05, 4.69) is 28.3 Å². The minimum atomic E-state index is -0.235. The van der Waals surface area contributed by atoms with Crippen molar-refractivity contribution >= 4 is 15.9 Å². The Morgan fingerprint density at radius 3 is 2.53 bits per heavy atom. The zero-order valence-electron chi connectivity index (χ0n) is 11.6. The molecule has 0 heterocycles. The van der Waals surface area contributed by atoms with Gasteiger partial charge in [-0.05, 0) is 40.0 Å². The van der Waals surface area contributed by atoms with Crippen molar-refractivity contribution in [3.8, 4) is 0 Å². The molecule has 0 aromatic heterocycles. The van der Waals surface area contributed by atoms with Crippen molar-refractivity contribution in [3.05, 3.63) is 34.1 Å². The molecular formula is C15H24BrFN2. The molecule has 19 heavy (non-hydrogen) atoms. The van der Waals surface area contributed by atoms with Crippen LogP contribution in [0.2, 0.25) is 0 Å². The van der Waals surface area contributed by atoms with Crippen molar-refractivity contribution in [1.29, 1.82) is 0 Å². The number of halogens is 2. The second kappa shape index (κ2) is 9.45. The fraction of sp³-hybridized carbons (Fsp3) is 0.600. The topological polar surface area (TPSA) is 38.0 Å². The van der Waals surface area contributed by atoms with Gasteiger partial charge in [0.05, 0.1) is 4.47 Å². The van der Waals surface area contributed by atoms with Crippen LogP contribution in [-0.4, -0.2) is 0 Å². The van der Waals surface area contributed by atoms with Gasteiger partial charge >= 0.3 is 0 Å². The van der Waals surface area contributed by atoms with E-state index in [0.717, 1.165) is 18.4 Å². The summed E-state index contributed by atoms with van der Waals surface area (Å²) in [5.74, 6) is 5.34. The molecule has 0 aliphatic rings. The predicted octanol–water partition coefficient (Wildman–Crippen LogP) is 4.84. The fourth-order valence-corrected chi connectivity index (χ4v) is 2.45. The Labute approximate surface area is 124 Å². The normalized spacial score (nSPS) is 12.6. The number of unbranched alkanes of at least 4 members (excludes halogenated alkanes) is 5. The molecule has 0 saturated heterocycles. The predicted molar refractivity (Wildman–Crippen MR) is 82.2 cm³/mol. The standard InChI is InChI=1S/C15H24BrFN2/c1-2-3-4-5-6-7-8-15(19-18)12-9-10-13(16)14(17)11-12/h9-11,15,19H,2-8,18H2,1H3. The lowest BCUT2D eigenvalue weighted by Gasteiger charge is -2.16. The minimum Gasteiger partial charge on any atom is -0.271 e. The average Bonchev–Trinajstić information content (AvgIpc) is 2.41. The third-order valence-electron chi connectivity index (χ3n) is 3.39. The first-order chi connectivity index (χ1) is 9.19. The van der Waals surface area contributed by atoms with Gasteiger partial charge in [-0.15, -0.1) is 0 Å². The Hall–Kier alpha value is -0.450. The number of hydrogen-bond acceptors (Lipinski definition) is 2. The van der Waals surface area contributed by atoms with Crippen LogP contribution >= 0.6 is 15.9 Å². The maximum absolute atomic E-state index is 13.5. The molecule has 0 fully saturated rings. The SMILES string of the molecule is CCCCCCCCC(NN)c1ccc(Br)c(F)c1. The van der Waals surface area contributed by atoms with Crippen LogP contribution in [0.1, 0.15) is 63.5 Å². The highest BCUT2D eigenvalue weighted by Gasteiger charge is 2.11. The van der Waals surface area contributed by atoms with E-state index < -0.39 is 0 Å². The molecule has 1 rings (SSSR count). The molecule has 108 valence electrons. The number of benzene rings is 1. The highest BCUT2D eigenvalue weighted by molar-refractivity contribution is 9.10. The van der Waals surface area contributed by atoms with E-state index in [0.29, 0.717) is 4.47 Å². The van der Waals surface area contributed by atoms with Gasteiger partial charge in [0, 0.05) is 6.04 Å². The van der Waals surface area contributed by atoms with Crippen LogP contribution < -0.4 is 11.3 Å². The van der Waals surface area contributed by atoms with Crippen LogP contribution in [0.15, 0.2) is 22.7 Å². The van der Waals surface area contributed by atoms with Crippen LogP contribution in [0.3, 0.4) is 0 Å². The summed E-state index contributed by atoms with van der Waals surface area (Å²) in [7, 11) is 0. The average molecular weight is 331 g/mol. The van der Waals surface area contributed by atoms with Gasteiger partial charge < -0.3 is 0 Å². The summed E-state index contributed by atoms with van der Waals surface area (Å²) in [5.41, 5.74) is 3.70. The summed E-state index contributed by atoms with van der Waals surface area (Å²) in [4.78, 5) is 0. The third kappa shape index (κ3) is 6.02. The van der Waals surface area contributed by atoms with Gasteiger partial charge in [0.1, 0.15) is 5.82 Å². The number of nitrogens with one attached hydrogen (secondary N) is 1. The number of hydrazine groups is 1. The van der Waals surface area contributed by atoms with Crippen molar-refractivity contribution < 1.29 is 4.39 Å². The van der Waals surface area contributed by atoms with E-state index in [-0.39, 0.29) is 11.9 Å². The summed E-state index contributed by atoms with van der Waals surface area (Å²) in [6, 6.07) is 5.23. The number of nitrogens with two attached hydrogens (primary N) is 1. The fourth-order valence-electron chi connectivity index (χ4n) is 2.20. The molecule has 1 atom stereocenters. The molecule has 3 N–H and O–H groups in total. The van der Waals surface area contributed by atoms with E-state index in [1.165, 1.54) is 32.1 Å². The lowest BCUT2D eigenvalue weighted by atomic mass is 10.00. The summed E-state index contributed by atoms with van der Waals surface area (Å²) < 4.78 is 14.0. The largest absolute Gasteiger partial charge is 0.271 e. The van der Waals surface area contributed by atoms with Crippen molar-refractivity contribution in [3.63, 3.8) is 0 Å². The molecule has 0 aliphatic heterocycles. The third-order valence-corrected chi connectivity index (χ3v) is 4.04. The number of rotatable bonds is 9. The maximum atomic E-state index is 13.5. The molecule has 1 aromatic rings. The summed E-state index contributed by atoms with van der Waals surface area (Å²) in [6.07, 6.45) is 8.46. The molecule has 0 spiro atoms. The van der Waals surface area contributed by atoms with Crippen LogP contribution in [0, 0.1) is 5.82 Å². The summed E-state index contributed by atoms with van der Waals surface area (Å²) >= 11 is 3.16. The van der Waals surface area contributed by atoms with E-state index in [1.807, 2.05) is 6.07 Å². The highest BCUT2D eigenvalue weighted by atomic mass is 79.9. The van der Waals surface area contributed by atoms with Crippen LogP contribution in [0.5, 0.6) is 0 Å². The highest BCUT2D eigenvalue weighted by Crippen LogP contribution is 2.24. The Bertz CT molecular complexity index is 371. The van der Waals surface area contributed by atoms with Crippen molar-refractivity contribution in [2.24, 2.45) is 5.84 Å². The van der Waals surface area contributed by atoms with Crippen LogP contribution in [0.4, 0.5) is 4.39 Å². The molecule has 4 heteroatoms. The molecule has 0 amide bonds. The van der Waals surface area contributed by atoms with E-state index in [9.17, 15) is 4.39 Å². The van der Waals surface area contributed by atoms with Crippen molar-refractivity contribution in [1.82, 2.24) is 5.43 Å². The quantitative estimate of drug-likeness (QED) is 0.386. The molecular weight excluding hydrogens is 307 g/mol. The molecule has 0 radical (unpaired) electrons. The second-order valence-electron chi connectivity index (χ2n) is 4.95. The Morgan fingerprint density at radius 2 is 1.89 bits per heavy atom. The molecule has 1 unspecified atom stereocenters. The van der Waals surface area contributed by atoms with E-state index in [1.54, 1.807) is 12.1 Å². The zero-order chi connectivity index (χ0) is 14.1. The Morgan fingerprint density at radius 1 is 1.21 bits per heavy atom. The van der Waals surface area contributed by atoms with Gasteiger partial charge in [-0.1, -0.05) is 51.5 Å². The number of hydrogen-bond donors (Lipinski definition) is 2. The van der Waals surface area contributed by atoms with Gasteiger partial charge in [-0.3, -0.25) is 11.3 Å². The van der Waals surface area contributed by atoms with Gasteiger partial charge in [0.25, 0.3) is 0 Å². The van der Waals surface area contributed by atoms with Gasteiger partial charge in [-0.2, -0.15) is 0 Å². The molecule has 0 saturated carbocycles. The molecule has 1 aromatic carbocycles. The van der Waals surface area contributed by atoms with Crippen molar-refractivity contribution in [2.75, 3.05) is 0 Å². The lowest BCUT2D eigenvalue weighted by molar-refractivity contribution is 0.474. The Kier molecular flexibility index (Phi) is 8.26. The van der Waals surface area contributed by atoms with E-state index >= 15 is 0 Å². The molecule has 2 nitrogen and oxygen atoms in total. The Balaban J connectivity index is 2.38. The zero-order valence-corrected chi connectivity index (χ0v) is 13.2. The maximum Gasteiger partial charge on any atom is 0.137 e. The first kappa shape index (κ1) is 16.6. The monoisotopic (exact) mass is 330 g/mol. The van der Waals surface area contributed by atoms with Gasteiger partial charge in [0.2, 0.25) is 0 Å².